The second-order valence-electron chi connectivity index (χ2n) is 5.02. The SMILES string of the molecule is CCNC(c1ccc(C)s1)c1cc(Br)cc2c1OCC2. The number of benzene rings is 1. The average molecular weight is 352 g/mol. The molecule has 2 aromatic rings. The maximum absolute atomic E-state index is 5.88. The van der Waals surface area contributed by atoms with Crippen molar-refractivity contribution in [3.05, 3.63) is 49.6 Å². The number of ether oxygens (including phenoxy) is 1. The molecule has 3 rings (SSSR count). The van der Waals surface area contributed by atoms with Crippen molar-refractivity contribution in [3.63, 3.8) is 0 Å². The molecular weight excluding hydrogens is 334 g/mol. The summed E-state index contributed by atoms with van der Waals surface area (Å²) in [5.41, 5.74) is 2.56. The molecular formula is C16H18BrNOS. The van der Waals surface area contributed by atoms with Crippen molar-refractivity contribution in [3.8, 4) is 5.75 Å². The Balaban J connectivity index is 2.08. The Bertz CT molecular complexity index is 623. The molecule has 1 aromatic heterocycles. The van der Waals surface area contributed by atoms with E-state index in [-0.39, 0.29) is 6.04 Å². The van der Waals surface area contributed by atoms with Crippen molar-refractivity contribution in [1.29, 1.82) is 0 Å². The lowest BCUT2D eigenvalue weighted by atomic mass is 10.0. The van der Waals surface area contributed by atoms with Crippen molar-refractivity contribution in [2.75, 3.05) is 13.2 Å². The molecule has 1 aliphatic rings. The Hall–Kier alpha value is -0.840. The predicted molar refractivity (Wildman–Crippen MR) is 87.9 cm³/mol. The van der Waals surface area contributed by atoms with Crippen molar-refractivity contribution in [2.45, 2.75) is 26.3 Å². The molecule has 0 amide bonds. The average Bonchev–Trinajstić information content (AvgIpc) is 3.03. The Kier molecular flexibility index (Phi) is 4.15. The lowest BCUT2D eigenvalue weighted by Gasteiger charge is -2.20. The maximum atomic E-state index is 5.88. The molecule has 4 heteroatoms. The van der Waals surface area contributed by atoms with Gasteiger partial charge in [-0.2, -0.15) is 0 Å². The molecule has 0 bridgehead atoms. The van der Waals surface area contributed by atoms with Gasteiger partial charge in [0, 0.05) is 26.2 Å². The first-order valence-electron chi connectivity index (χ1n) is 6.94. The molecule has 1 unspecified atom stereocenters. The zero-order valence-corrected chi connectivity index (χ0v) is 14.1. The van der Waals surface area contributed by atoms with Crippen LogP contribution < -0.4 is 10.1 Å². The largest absolute Gasteiger partial charge is 0.493 e. The highest BCUT2D eigenvalue weighted by molar-refractivity contribution is 9.10. The third-order valence-corrected chi connectivity index (χ3v) is 5.07. The molecule has 106 valence electrons. The summed E-state index contributed by atoms with van der Waals surface area (Å²) in [6, 6.07) is 8.98. The first kappa shape index (κ1) is 14.1. The van der Waals surface area contributed by atoms with Crippen LogP contribution in [0.1, 0.15) is 33.8 Å². The van der Waals surface area contributed by atoms with Crippen molar-refractivity contribution >= 4 is 27.3 Å². The van der Waals surface area contributed by atoms with E-state index < -0.39 is 0 Å². The summed E-state index contributed by atoms with van der Waals surface area (Å²) in [5.74, 6) is 1.07. The molecule has 1 aliphatic heterocycles. The third kappa shape index (κ3) is 2.65. The smallest absolute Gasteiger partial charge is 0.127 e. The minimum Gasteiger partial charge on any atom is -0.493 e. The van der Waals surface area contributed by atoms with E-state index in [2.05, 4.69) is 59.4 Å². The van der Waals surface area contributed by atoms with E-state index in [1.54, 1.807) is 0 Å². The number of hydrogen-bond acceptors (Lipinski definition) is 3. The highest BCUT2D eigenvalue weighted by Gasteiger charge is 2.24. The molecule has 20 heavy (non-hydrogen) atoms. The number of hydrogen-bond donors (Lipinski definition) is 1. The topological polar surface area (TPSA) is 21.3 Å². The standard InChI is InChI=1S/C16H18BrNOS/c1-3-18-15(14-5-4-10(2)20-14)13-9-12(17)8-11-6-7-19-16(11)13/h4-5,8-9,15,18H,3,6-7H2,1-2H3. The quantitative estimate of drug-likeness (QED) is 0.878. The summed E-state index contributed by atoms with van der Waals surface area (Å²) in [4.78, 5) is 2.69. The van der Waals surface area contributed by atoms with E-state index in [0.717, 1.165) is 29.8 Å². The summed E-state index contributed by atoms with van der Waals surface area (Å²) in [7, 11) is 0. The number of halogens is 1. The molecule has 1 aromatic carbocycles. The van der Waals surface area contributed by atoms with Gasteiger partial charge in [-0.05, 0) is 43.3 Å². The van der Waals surface area contributed by atoms with Gasteiger partial charge in [0.25, 0.3) is 0 Å². The van der Waals surface area contributed by atoms with Gasteiger partial charge in [-0.15, -0.1) is 11.3 Å². The van der Waals surface area contributed by atoms with Crippen LogP contribution in [-0.4, -0.2) is 13.2 Å². The van der Waals surface area contributed by atoms with Crippen molar-refractivity contribution in [1.82, 2.24) is 5.32 Å². The number of rotatable bonds is 4. The fourth-order valence-electron chi connectivity index (χ4n) is 2.69. The van der Waals surface area contributed by atoms with Crippen LogP contribution in [0, 0.1) is 6.92 Å². The minimum atomic E-state index is 0.211. The van der Waals surface area contributed by atoms with Crippen LogP contribution >= 0.6 is 27.3 Å². The van der Waals surface area contributed by atoms with Crippen LogP contribution in [0.5, 0.6) is 5.75 Å². The van der Waals surface area contributed by atoms with E-state index in [9.17, 15) is 0 Å². The Morgan fingerprint density at radius 3 is 2.95 bits per heavy atom. The fourth-order valence-corrected chi connectivity index (χ4v) is 4.18. The molecule has 0 aliphatic carbocycles. The summed E-state index contributed by atoms with van der Waals surface area (Å²) < 4.78 is 7.02. The van der Waals surface area contributed by atoms with Crippen LogP contribution in [0.3, 0.4) is 0 Å². The normalized spacial score (nSPS) is 14.9. The summed E-state index contributed by atoms with van der Waals surface area (Å²) >= 11 is 5.48. The minimum absolute atomic E-state index is 0.211. The number of aryl methyl sites for hydroxylation is 1. The van der Waals surface area contributed by atoms with Gasteiger partial charge in [-0.25, -0.2) is 0 Å². The third-order valence-electron chi connectivity index (χ3n) is 3.54. The summed E-state index contributed by atoms with van der Waals surface area (Å²) in [6.07, 6.45) is 1.00. The van der Waals surface area contributed by atoms with Crippen LogP contribution in [0.2, 0.25) is 0 Å². The predicted octanol–water partition coefficient (Wildman–Crippen LogP) is 4.45. The maximum Gasteiger partial charge on any atom is 0.127 e. The van der Waals surface area contributed by atoms with Crippen molar-refractivity contribution in [2.24, 2.45) is 0 Å². The Morgan fingerprint density at radius 2 is 2.25 bits per heavy atom. The second-order valence-corrected chi connectivity index (χ2v) is 7.26. The lowest BCUT2D eigenvalue weighted by Crippen LogP contribution is -2.21. The van der Waals surface area contributed by atoms with Crippen LogP contribution in [0.15, 0.2) is 28.7 Å². The second kappa shape index (κ2) is 5.88. The van der Waals surface area contributed by atoms with Crippen LogP contribution in [0.4, 0.5) is 0 Å². The van der Waals surface area contributed by atoms with Gasteiger partial charge in [0.05, 0.1) is 12.6 Å². The molecule has 0 fully saturated rings. The Morgan fingerprint density at radius 1 is 1.40 bits per heavy atom. The summed E-state index contributed by atoms with van der Waals surface area (Å²) in [5, 5.41) is 3.60. The zero-order chi connectivity index (χ0) is 14.1. The van der Waals surface area contributed by atoms with E-state index in [1.807, 2.05) is 11.3 Å². The molecule has 0 spiro atoms. The lowest BCUT2D eigenvalue weighted by molar-refractivity contribution is 0.350. The molecule has 0 saturated heterocycles. The molecule has 2 nitrogen and oxygen atoms in total. The molecule has 1 N–H and O–H groups in total. The molecule has 1 atom stereocenters. The van der Waals surface area contributed by atoms with Crippen LogP contribution in [0.25, 0.3) is 0 Å². The zero-order valence-electron chi connectivity index (χ0n) is 11.7. The number of nitrogens with one attached hydrogen (secondary N) is 1. The van der Waals surface area contributed by atoms with Gasteiger partial charge in [0.2, 0.25) is 0 Å². The number of thiophene rings is 1. The monoisotopic (exact) mass is 351 g/mol. The first-order valence-corrected chi connectivity index (χ1v) is 8.55. The molecule has 0 saturated carbocycles. The molecule has 0 radical (unpaired) electrons. The number of fused-ring (bicyclic) bond motifs is 1. The highest BCUT2D eigenvalue weighted by Crippen LogP contribution is 2.40. The van der Waals surface area contributed by atoms with Gasteiger partial charge in [0.1, 0.15) is 5.75 Å². The van der Waals surface area contributed by atoms with Gasteiger partial charge < -0.3 is 10.1 Å². The van der Waals surface area contributed by atoms with Gasteiger partial charge >= 0.3 is 0 Å². The first-order chi connectivity index (χ1) is 9.69. The van der Waals surface area contributed by atoms with Crippen molar-refractivity contribution < 1.29 is 4.74 Å². The fraction of sp³-hybridized carbons (Fsp3) is 0.375. The van der Waals surface area contributed by atoms with E-state index >= 15 is 0 Å². The van der Waals surface area contributed by atoms with Gasteiger partial charge in [-0.1, -0.05) is 22.9 Å². The van der Waals surface area contributed by atoms with Gasteiger partial charge in [0.15, 0.2) is 0 Å². The molecule has 2 heterocycles. The van der Waals surface area contributed by atoms with Gasteiger partial charge in [-0.3, -0.25) is 0 Å². The van der Waals surface area contributed by atoms with E-state index in [4.69, 9.17) is 4.74 Å². The highest BCUT2D eigenvalue weighted by atomic mass is 79.9. The van der Waals surface area contributed by atoms with E-state index in [1.165, 1.54) is 20.9 Å². The van der Waals surface area contributed by atoms with Crippen LogP contribution in [-0.2, 0) is 6.42 Å². The summed E-state index contributed by atoms with van der Waals surface area (Å²) in [6.45, 7) is 6.02. The van der Waals surface area contributed by atoms with E-state index in [0.29, 0.717) is 0 Å². The Labute approximate surface area is 132 Å².